The molecule has 272 valence electrons. The van der Waals surface area contributed by atoms with Gasteiger partial charge < -0.3 is 4.42 Å². The van der Waals surface area contributed by atoms with E-state index in [-0.39, 0.29) is 5.41 Å². The van der Waals surface area contributed by atoms with Crippen LogP contribution in [0.4, 0.5) is 0 Å². The van der Waals surface area contributed by atoms with Crippen LogP contribution in [0.1, 0.15) is 25.0 Å². The lowest BCUT2D eigenvalue weighted by Crippen LogP contribution is -2.14. The second kappa shape index (κ2) is 12.3. The fourth-order valence-corrected chi connectivity index (χ4v) is 9.45. The van der Waals surface area contributed by atoms with Crippen LogP contribution in [0, 0.1) is 0 Å². The van der Waals surface area contributed by atoms with E-state index in [1.807, 2.05) is 18.2 Å². The summed E-state index contributed by atoms with van der Waals surface area (Å²) in [6.45, 7) is 4.62. The van der Waals surface area contributed by atoms with Crippen LogP contribution in [0.5, 0.6) is 0 Å². The maximum Gasteiger partial charge on any atom is 0.164 e. The molecule has 0 unspecified atom stereocenters. The van der Waals surface area contributed by atoms with Crippen molar-refractivity contribution >= 4 is 54.3 Å². The maximum atomic E-state index is 6.59. The zero-order valence-electron chi connectivity index (χ0n) is 32.0. The Hall–Kier alpha value is -7.43. The monoisotopic (exact) mass is 741 g/mol. The number of nitrogens with zero attached hydrogens (tertiary/aromatic N) is 3. The molecule has 0 spiro atoms. The van der Waals surface area contributed by atoms with Crippen LogP contribution >= 0.6 is 0 Å². The van der Waals surface area contributed by atoms with E-state index in [0.717, 1.165) is 82.1 Å². The van der Waals surface area contributed by atoms with E-state index in [1.165, 1.54) is 22.3 Å². The normalized spacial score (nSPS) is 13.1. The van der Waals surface area contributed by atoms with E-state index in [0.29, 0.717) is 17.5 Å². The van der Waals surface area contributed by atoms with Crippen molar-refractivity contribution in [3.63, 3.8) is 0 Å². The van der Waals surface area contributed by atoms with Gasteiger partial charge in [-0.3, -0.25) is 0 Å². The van der Waals surface area contributed by atoms with E-state index in [9.17, 15) is 0 Å². The minimum absolute atomic E-state index is 0.0913. The smallest absolute Gasteiger partial charge is 0.164 e. The molecule has 0 atom stereocenters. The van der Waals surface area contributed by atoms with Gasteiger partial charge in [-0.15, -0.1) is 0 Å². The fraction of sp³-hybridized carbons (Fsp3) is 0.0556. The highest BCUT2D eigenvalue weighted by molar-refractivity contribution is 6.32. The summed E-state index contributed by atoms with van der Waals surface area (Å²) < 4.78 is 6.59. The van der Waals surface area contributed by atoms with Gasteiger partial charge in [0, 0.05) is 38.3 Å². The van der Waals surface area contributed by atoms with Crippen LogP contribution < -0.4 is 0 Å². The van der Waals surface area contributed by atoms with Gasteiger partial charge in [-0.25, -0.2) is 15.0 Å². The van der Waals surface area contributed by atoms with Crippen LogP contribution in [-0.4, -0.2) is 15.0 Å². The van der Waals surface area contributed by atoms with Crippen LogP contribution in [0.15, 0.2) is 180 Å². The topological polar surface area (TPSA) is 51.8 Å². The largest absolute Gasteiger partial charge is 0.455 e. The molecule has 4 nitrogen and oxygen atoms in total. The first-order chi connectivity index (χ1) is 28.5. The van der Waals surface area contributed by atoms with Gasteiger partial charge in [-0.2, -0.15) is 0 Å². The Morgan fingerprint density at radius 3 is 1.74 bits per heavy atom. The van der Waals surface area contributed by atoms with Gasteiger partial charge in [0.25, 0.3) is 0 Å². The number of fused-ring (bicyclic) bond motifs is 13. The summed E-state index contributed by atoms with van der Waals surface area (Å²) in [6, 6.07) is 62.4. The minimum Gasteiger partial charge on any atom is -0.455 e. The third-order valence-corrected chi connectivity index (χ3v) is 12.3. The lowest BCUT2D eigenvalue weighted by molar-refractivity contribution is 0.660. The van der Waals surface area contributed by atoms with Gasteiger partial charge in [0.15, 0.2) is 17.5 Å². The van der Waals surface area contributed by atoms with Crippen molar-refractivity contribution in [2.24, 2.45) is 0 Å². The lowest BCUT2D eigenvalue weighted by Gasteiger charge is -2.21. The van der Waals surface area contributed by atoms with Crippen LogP contribution in [-0.2, 0) is 5.41 Å². The highest BCUT2D eigenvalue weighted by Gasteiger charge is 2.35. The molecule has 4 heteroatoms. The second-order valence-electron chi connectivity index (χ2n) is 16.0. The number of furan rings is 1. The molecule has 0 N–H and O–H groups in total. The zero-order chi connectivity index (χ0) is 38.5. The Balaban J connectivity index is 1.08. The predicted molar refractivity (Wildman–Crippen MR) is 239 cm³/mol. The van der Waals surface area contributed by atoms with Crippen molar-refractivity contribution in [1.82, 2.24) is 15.0 Å². The lowest BCUT2D eigenvalue weighted by atomic mass is 9.82. The van der Waals surface area contributed by atoms with Crippen LogP contribution in [0.2, 0.25) is 0 Å². The first-order valence-electron chi connectivity index (χ1n) is 19.9. The molecule has 0 saturated carbocycles. The van der Waals surface area contributed by atoms with E-state index in [2.05, 4.69) is 172 Å². The highest BCUT2D eigenvalue weighted by atomic mass is 16.3. The van der Waals surface area contributed by atoms with Crippen LogP contribution in [0.3, 0.4) is 0 Å². The van der Waals surface area contributed by atoms with Gasteiger partial charge in [-0.1, -0.05) is 159 Å². The summed E-state index contributed by atoms with van der Waals surface area (Å²) in [7, 11) is 0. The summed E-state index contributed by atoms with van der Waals surface area (Å²) >= 11 is 0. The SMILES string of the molecule is CC1(C)c2ccccc2-c2cc(-c3nc(-c4cccc(-c5ccccc5)c4)nc(-c4ccc5c(c4)c4ccccc4c4c5ccc5c6ccccc6oc54)n3)ccc21. The second-order valence-corrected chi connectivity index (χ2v) is 16.0. The van der Waals surface area contributed by atoms with Gasteiger partial charge in [-0.05, 0) is 90.6 Å². The molecule has 2 aromatic heterocycles. The van der Waals surface area contributed by atoms with Gasteiger partial charge in [0.1, 0.15) is 11.2 Å². The van der Waals surface area contributed by atoms with Crippen molar-refractivity contribution in [2.75, 3.05) is 0 Å². The quantitative estimate of drug-likeness (QED) is 0.169. The number of aromatic nitrogens is 3. The molecule has 0 bridgehead atoms. The van der Waals surface area contributed by atoms with Crippen molar-refractivity contribution < 1.29 is 4.42 Å². The highest BCUT2D eigenvalue weighted by Crippen LogP contribution is 2.49. The number of benzene rings is 9. The Labute approximate surface area is 335 Å². The summed E-state index contributed by atoms with van der Waals surface area (Å²) in [6.07, 6.45) is 0. The molecule has 11 aromatic rings. The molecule has 0 aliphatic heterocycles. The van der Waals surface area contributed by atoms with Crippen LogP contribution in [0.25, 0.3) is 111 Å². The predicted octanol–water partition coefficient (Wildman–Crippen LogP) is 14.2. The molecule has 1 aliphatic rings. The first kappa shape index (κ1) is 32.8. The number of para-hydroxylation sites is 1. The molecule has 58 heavy (non-hydrogen) atoms. The molecule has 2 heterocycles. The van der Waals surface area contributed by atoms with Crippen molar-refractivity contribution in [2.45, 2.75) is 19.3 Å². The van der Waals surface area contributed by atoms with E-state index < -0.39 is 0 Å². The van der Waals surface area contributed by atoms with E-state index in [4.69, 9.17) is 19.4 Å². The maximum absolute atomic E-state index is 6.59. The molecule has 12 rings (SSSR count). The van der Waals surface area contributed by atoms with Gasteiger partial charge in [0.2, 0.25) is 0 Å². The molecule has 9 aromatic carbocycles. The molecular formula is C54H35N3O. The molecule has 0 amide bonds. The Morgan fingerprint density at radius 1 is 0.362 bits per heavy atom. The number of hydrogen-bond donors (Lipinski definition) is 0. The number of hydrogen-bond acceptors (Lipinski definition) is 4. The zero-order valence-corrected chi connectivity index (χ0v) is 32.0. The molecule has 0 radical (unpaired) electrons. The van der Waals surface area contributed by atoms with Crippen molar-refractivity contribution in [3.05, 3.63) is 187 Å². The standard InChI is InChI=1S/C54H35N3O/c1-54(2)46-21-10-8-18-39(46)45-31-36(24-28-47(45)54)53-56-51(34-16-12-15-33(29-34)32-13-4-3-5-14-32)55-52(57-53)35-23-25-38-42-26-27-43-40-19-9-11-22-48(40)58-50(43)49(42)41-20-7-6-17-37(41)44(38)30-35/h3-31H,1-2H3. The number of rotatable bonds is 4. The Bertz CT molecular complexity index is 3470. The third-order valence-electron chi connectivity index (χ3n) is 12.3. The van der Waals surface area contributed by atoms with Gasteiger partial charge in [0.05, 0.1) is 0 Å². The molecule has 0 saturated heterocycles. The summed E-state index contributed by atoms with van der Waals surface area (Å²) in [5, 5.41) is 9.16. The Kier molecular flexibility index (Phi) is 6.94. The average Bonchev–Trinajstić information content (AvgIpc) is 3.78. The first-order valence-corrected chi connectivity index (χ1v) is 19.9. The van der Waals surface area contributed by atoms with Gasteiger partial charge >= 0.3 is 0 Å². The summed E-state index contributed by atoms with van der Waals surface area (Å²) in [4.78, 5) is 15.7. The Morgan fingerprint density at radius 2 is 0.914 bits per heavy atom. The molecule has 0 fully saturated rings. The van der Waals surface area contributed by atoms with E-state index >= 15 is 0 Å². The average molecular weight is 742 g/mol. The third kappa shape index (κ3) is 4.85. The summed E-state index contributed by atoms with van der Waals surface area (Å²) in [5.74, 6) is 1.91. The van der Waals surface area contributed by atoms with E-state index in [1.54, 1.807) is 0 Å². The molecular weight excluding hydrogens is 707 g/mol. The fourth-order valence-electron chi connectivity index (χ4n) is 9.45. The minimum atomic E-state index is -0.0913. The van der Waals surface area contributed by atoms with Crippen molar-refractivity contribution in [3.8, 4) is 56.4 Å². The molecule has 1 aliphatic carbocycles. The summed E-state index contributed by atoms with van der Waals surface area (Å²) in [5.41, 5.74) is 12.0. The van der Waals surface area contributed by atoms with Crippen molar-refractivity contribution in [1.29, 1.82) is 0 Å².